The zero-order valence-corrected chi connectivity index (χ0v) is 26.4. The smallest absolute Gasteiger partial charge is 0.192 e. The van der Waals surface area contributed by atoms with Crippen molar-refractivity contribution in [2.45, 2.75) is 102 Å². The maximum absolute atomic E-state index is 11.8. The predicted octanol–water partition coefficient (Wildman–Crippen LogP) is 4.66. The van der Waals surface area contributed by atoms with Gasteiger partial charge in [0, 0.05) is 7.11 Å². The second-order valence-corrected chi connectivity index (χ2v) is 16.9. The molecule has 0 unspecified atom stereocenters. The summed E-state index contributed by atoms with van der Waals surface area (Å²) < 4.78 is 30.2. The Balaban J connectivity index is 2.48. The third-order valence-electron chi connectivity index (χ3n) is 7.81. The first kappa shape index (κ1) is 34.5. The molecular formula is C31H50O8Si. The van der Waals surface area contributed by atoms with Gasteiger partial charge in [-0.15, -0.1) is 0 Å². The van der Waals surface area contributed by atoms with E-state index in [1.54, 1.807) is 0 Å². The van der Waals surface area contributed by atoms with Crippen molar-refractivity contribution in [2.75, 3.05) is 20.5 Å². The van der Waals surface area contributed by atoms with Gasteiger partial charge in [-0.1, -0.05) is 81.4 Å². The maximum Gasteiger partial charge on any atom is 0.192 e. The molecule has 0 aliphatic heterocycles. The zero-order chi connectivity index (χ0) is 30.0. The third kappa shape index (κ3) is 10.0. The fourth-order valence-corrected chi connectivity index (χ4v) is 4.89. The summed E-state index contributed by atoms with van der Waals surface area (Å²) in [6, 6.07) is 19.3. The first-order valence-corrected chi connectivity index (χ1v) is 16.8. The van der Waals surface area contributed by atoms with Crippen molar-refractivity contribution in [3.8, 4) is 0 Å². The first-order valence-electron chi connectivity index (χ1n) is 13.8. The van der Waals surface area contributed by atoms with Crippen LogP contribution in [0.2, 0.25) is 18.1 Å². The van der Waals surface area contributed by atoms with E-state index in [0.29, 0.717) is 0 Å². The van der Waals surface area contributed by atoms with Gasteiger partial charge in [0.25, 0.3) is 0 Å². The highest BCUT2D eigenvalue weighted by Gasteiger charge is 2.48. The van der Waals surface area contributed by atoms with Crippen LogP contribution in [0.4, 0.5) is 0 Å². The summed E-state index contributed by atoms with van der Waals surface area (Å²) in [4.78, 5) is 0. The van der Waals surface area contributed by atoms with Crippen LogP contribution >= 0.6 is 0 Å². The van der Waals surface area contributed by atoms with Gasteiger partial charge in [-0.3, -0.25) is 0 Å². The van der Waals surface area contributed by atoms with Crippen LogP contribution in [0.25, 0.3) is 0 Å². The number of rotatable bonds is 17. The van der Waals surface area contributed by atoms with Gasteiger partial charge in [0.15, 0.2) is 8.32 Å². The van der Waals surface area contributed by atoms with E-state index >= 15 is 0 Å². The van der Waals surface area contributed by atoms with E-state index in [0.717, 1.165) is 11.1 Å². The molecule has 40 heavy (non-hydrogen) atoms. The standard InChI is InChI=1S/C31H50O8Si/c1-23(32)31(5,34)29(38-22-35-6)27(33)28(37-20-25-17-13-10-14-18-25)26(21-39-40(7,8)30(2,3)4)36-19-24-15-11-9-12-16-24/h9-18,23,26-29,32-34H,19-22H2,1-8H3/t23-,26+,27+,28+,29-,31+/m0/s1. The van der Waals surface area contributed by atoms with Crippen molar-refractivity contribution >= 4 is 8.32 Å². The summed E-state index contributed by atoms with van der Waals surface area (Å²) in [7, 11) is -0.757. The molecule has 0 radical (unpaired) electrons. The minimum Gasteiger partial charge on any atom is -0.414 e. The van der Waals surface area contributed by atoms with E-state index in [1.807, 2.05) is 60.7 Å². The molecule has 0 heterocycles. The van der Waals surface area contributed by atoms with Crippen LogP contribution in [-0.2, 0) is 36.6 Å². The predicted molar refractivity (Wildman–Crippen MR) is 158 cm³/mol. The van der Waals surface area contributed by atoms with Gasteiger partial charge < -0.3 is 38.7 Å². The summed E-state index contributed by atoms with van der Waals surface area (Å²) in [5, 5.41) is 33.4. The number of hydrogen-bond donors (Lipinski definition) is 3. The Hall–Kier alpha value is -1.66. The topological polar surface area (TPSA) is 107 Å². The molecule has 0 aliphatic rings. The average molecular weight is 579 g/mol. The van der Waals surface area contributed by atoms with Crippen molar-refractivity contribution in [1.29, 1.82) is 0 Å². The molecule has 0 spiro atoms. The molecule has 6 atom stereocenters. The molecule has 8 nitrogen and oxygen atoms in total. The maximum atomic E-state index is 11.8. The molecule has 0 fully saturated rings. The highest BCUT2D eigenvalue weighted by Crippen LogP contribution is 2.37. The number of ether oxygens (including phenoxy) is 4. The lowest BCUT2D eigenvalue weighted by molar-refractivity contribution is -0.243. The SMILES string of the molecule is COCO[C@@H]([C@H](O)[C@H](OCc1ccccc1)[C@@H](CO[Si](C)(C)C(C)(C)C)OCc1ccccc1)[C@](C)(O)[C@H](C)O. The van der Waals surface area contributed by atoms with Gasteiger partial charge in [-0.05, 0) is 43.1 Å². The van der Waals surface area contributed by atoms with Gasteiger partial charge >= 0.3 is 0 Å². The molecule has 2 rings (SSSR count). The Kier molecular flexibility index (Phi) is 13.4. The molecule has 2 aromatic carbocycles. The van der Waals surface area contributed by atoms with Crippen LogP contribution in [0.15, 0.2) is 60.7 Å². The van der Waals surface area contributed by atoms with E-state index in [4.69, 9.17) is 23.4 Å². The van der Waals surface area contributed by atoms with E-state index in [9.17, 15) is 15.3 Å². The highest BCUT2D eigenvalue weighted by atomic mass is 28.4. The lowest BCUT2D eigenvalue weighted by Gasteiger charge is -2.43. The minimum atomic E-state index is -2.20. The fraction of sp³-hybridized carbons (Fsp3) is 0.613. The lowest BCUT2D eigenvalue weighted by Crippen LogP contribution is -2.61. The number of hydrogen-bond acceptors (Lipinski definition) is 8. The fourth-order valence-electron chi connectivity index (χ4n) is 3.88. The van der Waals surface area contributed by atoms with Crippen molar-refractivity contribution in [2.24, 2.45) is 0 Å². The lowest BCUT2D eigenvalue weighted by atomic mass is 9.86. The van der Waals surface area contributed by atoms with Crippen LogP contribution in [0.3, 0.4) is 0 Å². The number of methoxy groups -OCH3 is 1. The van der Waals surface area contributed by atoms with Crippen LogP contribution in [0.5, 0.6) is 0 Å². The van der Waals surface area contributed by atoms with E-state index in [-0.39, 0.29) is 31.7 Å². The molecule has 0 aromatic heterocycles. The Morgan fingerprint density at radius 2 is 1.30 bits per heavy atom. The summed E-state index contributed by atoms with van der Waals surface area (Å²) in [5.41, 5.74) is 0.0408. The van der Waals surface area contributed by atoms with Crippen LogP contribution in [0, 0.1) is 0 Å². The van der Waals surface area contributed by atoms with Gasteiger partial charge in [0.1, 0.15) is 36.8 Å². The molecule has 0 saturated carbocycles. The molecule has 226 valence electrons. The van der Waals surface area contributed by atoms with Gasteiger partial charge in [-0.2, -0.15) is 0 Å². The Bertz CT molecular complexity index is 962. The Morgan fingerprint density at radius 3 is 1.75 bits per heavy atom. The third-order valence-corrected chi connectivity index (χ3v) is 12.3. The van der Waals surface area contributed by atoms with Crippen molar-refractivity contribution in [3.63, 3.8) is 0 Å². The minimum absolute atomic E-state index is 0.0455. The number of aliphatic hydroxyl groups excluding tert-OH is 2. The van der Waals surface area contributed by atoms with Gasteiger partial charge in [-0.25, -0.2) is 0 Å². The molecule has 3 N–H and O–H groups in total. The quantitative estimate of drug-likeness (QED) is 0.184. The van der Waals surface area contributed by atoms with E-state index in [1.165, 1.54) is 21.0 Å². The molecule has 0 saturated heterocycles. The van der Waals surface area contributed by atoms with E-state index < -0.39 is 44.4 Å². The van der Waals surface area contributed by atoms with Gasteiger partial charge in [0.2, 0.25) is 0 Å². The van der Waals surface area contributed by atoms with E-state index in [2.05, 4.69) is 33.9 Å². The second-order valence-electron chi connectivity index (χ2n) is 12.1. The number of benzene rings is 2. The van der Waals surface area contributed by atoms with Crippen LogP contribution in [0.1, 0.15) is 45.7 Å². The molecule has 0 aliphatic carbocycles. The Morgan fingerprint density at radius 1 is 0.800 bits per heavy atom. The molecule has 0 amide bonds. The van der Waals surface area contributed by atoms with Crippen molar-refractivity contribution in [3.05, 3.63) is 71.8 Å². The zero-order valence-electron chi connectivity index (χ0n) is 25.4. The average Bonchev–Trinajstić information content (AvgIpc) is 2.90. The highest BCUT2D eigenvalue weighted by molar-refractivity contribution is 6.74. The second kappa shape index (κ2) is 15.5. The Labute approximate surface area is 241 Å². The largest absolute Gasteiger partial charge is 0.414 e. The first-order chi connectivity index (χ1) is 18.7. The van der Waals surface area contributed by atoms with Crippen LogP contribution < -0.4 is 0 Å². The van der Waals surface area contributed by atoms with Crippen molar-refractivity contribution < 1.29 is 38.7 Å². The van der Waals surface area contributed by atoms with Crippen LogP contribution in [-0.4, -0.2) is 80.3 Å². The summed E-state index contributed by atoms with van der Waals surface area (Å²) in [5.74, 6) is 0. The van der Waals surface area contributed by atoms with Crippen molar-refractivity contribution in [1.82, 2.24) is 0 Å². The molecular weight excluding hydrogens is 528 g/mol. The summed E-state index contributed by atoms with van der Waals surface area (Å²) in [6.45, 7) is 14.0. The molecule has 0 bridgehead atoms. The monoisotopic (exact) mass is 578 g/mol. The normalized spacial score (nSPS) is 18.0. The summed E-state index contributed by atoms with van der Waals surface area (Å²) in [6.07, 6.45) is -5.60. The number of aliphatic hydroxyl groups is 3. The molecule has 9 heteroatoms. The van der Waals surface area contributed by atoms with Gasteiger partial charge in [0.05, 0.1) is 25.9 Å². The molecule has 2 aromatic rings. The summed E-state index contributed by atoms with van der Waals surface area (Å²) >= 11 is 0.